The number of hydrogen-bond donors (Lipinski definition) is 0. The molecule has 0 saturated heterocycles. The minimum Gasteiger partial charge on any atom is -0.250 e. The molecule has 0 unspecified atom stereocenters. The van der Waals surface area contributed by atoms with E-state index in [0.29, 0.717) is 5.82 Å². The molecule has 1 aromatic heterocycles. The minimum absolute atomic E-state index is 0.504. The Morgan fingerprint density at radius 2 is 2.07 bits per heavy atom. The van der Waals surface area contributed by atoms with Gasteiger partial charge in [0, 0.05) is 18.7 Å². The zero-order chi connectivity index (χ0) is 10.7. The van der Waals surface area contributed by atoms with Crippen LogP contribution in [-0.2, 0) is 11.8 Å². The van der Waals surface area contributed by atoms with Gasteiger partial charge in [-0.2, -0.15) is 5.10 Å². The largest absolute Gasteiger partial charge is 0.250 e. The number of aromatic nitrogens is 2. The highest BCUT2D eigenvalue weighted by molar-refractivity contribution is 5.62. The summed E-state index contributed by atoms with van der Waals surface area (Å²) >= 11 is 0. The van der Waals surface area contributed by atoms with Gasteiger partial charge < -0.3 is 0 Å². The molecule has 0 bridgehead atoms. The molecule has 0 aliphatic carbocycles. The Hall–Kier alpha value is -2.19. The molecule has 0 spiro atoms. The van der Waals surface area contributed by atoms with Crippen molar-refractivity contribution in [3.8, 4) is 11.3 Å². The highest BCUT2D eigenvalue weighted by Crippen LogP contribution is 2.21. The Morgan fingerprint density at radius 1 is 1.33 bits per heavy atom. The van der Waals surface area contributed by atoms with Crippen LogP contribution < -0.4 is 0 Å². The summed E-state index contributed by atoms with van der Waals surface area (Å²) in [7, 11) is 1.74. The summed E-state index contributed by atoms with van der Waals surface area (Å²) in [6, 6.07) is 11.5. The highest BCUT2D eigenvalue weighted by atomic mass is 16.1. The van der Waals surface area contributed by atoms with Gasteiger partial charge in [0.1, 0.15) is 0 Å². The maximum Gasteiger partial charge on any atom is 0.242 e. The summed E-state index contributed by atoms with van der Waals surface area (Å²) in [5.41, 5.74) is 1.80. The second-order valence-corrected chi connectivity index (χ2v) is 3.08. The van der Waals surface area contributed by atoms with Crippen molar-refractivity contribution in [2.24, 2.45) is 12.0 Å². The molecule has 0 amide bonds. The molecule has 0 N–H and O–H groups in total. The van der Waals surface area contributed by atoms with Gasteiger partial charge in [-0.1, -0.05) is 30.3 Å². The van der Waals surface area contributed by atoms with Crippen LogP contribution in [0.5, 0.6) is 0 Å². The normalized spacial score (nSPS) is 9.67. The highest BCUT2D eigenvalue weighted by Gasteiger charge is 2.05. The third-order valence-electron chi connectivity index (χ3n) is 2.08. The van der Waals surface area contributed by atoms with Gasteiger partial charge in [-0.25, -0.2) is 9.48 Å². The van der Waals surface area contributed by atoms with Crippen molar-refractivity contribution in [3.05, 3.63) is 36.4 Å². The van der Waals surface area contributed by atoms with Gasteiger partial charge in [0.2, 0.25) is 6.08 Å². The van der Waals surface area contributed by atoms with Crippen molar-refractivity contribution < 1.29 is 4.79 Å². The fourth-order valence-corrected chi connectivity index (χ4v) is 1.36. The van der Waals surface area contributed by atoms with E-state index in [1.54, 1.807) is 17.8 Å². The van der Waals surface area contributed by atoms with Crippen molar-refractivity contribution in [2.45, 2.75) is 0 Å². The van der Waals surface area contributed by atoms with Crippen molar-refractivity contribution in [1.29, 1.82) is 0 Å². The van der Waals surface area contributed by atoms with E-state index >= 15 is 0 Å². The summed E-state index contributed by atoms with van der Waals surface area (Å²) in [6.07, 6.45) is 1.50. The summed E-state index contributed by atoms with van der Waals surface area (Å²) in [5, 5.41) is 4.24. The third-order valence-corrected chi connectivity index (χ3v) is 2.08. The summed E-state index contributed by atoms with van der Waals surface area (Å²) in [6.45, 7) is 0. The topological polar surface area (TPSA) is 47.2 Å². The number of nitrogens with zero attached hydrogens (tertiary/aromatic N) is 3. The molecule has 0 radical (unpaired) electrons. The summed E-state index contributed by atoms with van der Waals surface area (Å²) in [5.74, 6) is 0.504. The van der Waals surface area contributed by atoms with E-state index < -0.39 is 0 Å². The Bertz CT molecular complexity index is 510. The van der Waals surface area contributed by atoms with E-state index in [2.05, 4.69) is 10.1 Å². The number of hydrogen-bond acceptors (Lipinski definition) is 3. The van der Waals surface area contributed by atoms with Crippen molar-refractivity contribution in [1.82, 2.24) is 9.78 Å². The first-order valence-corrected chi connectivity index (χ1v) is 4.48. The smallest absolute Gasteiger partial charge is 0.242 e. The maximum atomic E-state index is 10.1. The van der Waals surface area contributed by atoms with Crippen LogP contribution in [0.1, 0.15) is 0 Å². The lowest BCUT2D eigenvalue weighted by Crippen LogP contribution is -1.89. The van der Waals surface area contributed by atoms with Gasteiger partial charge in [-0.05, 0) is 0 Å². The van der Waals surface area contributed by atoms with Gasteiger partial charge >= 0.3 is 0 Å². The fraction of sp³-hybridized carbons (Fsp3) is 0.0909. The van der Waals surface area contributed by atoms with Gasteiger partial charge in [0.25, 0.3) is 0 Å². The number of aliphatic imine (C=N–C) groups is 1. The second-order valence-electron chi connectivity index (χ2n) is 3.08. The van der Waals surface area contributed by atoms with E-state index in [0.717, 1.165) is 11.3 Å². The van der Waals surface area contributed by atoms with Crippen LogP contribution in [0.3, 0.4) is 0 Å². The predicted molar refractivity (Wildman–Crippen MR) is 56.4 cm³/mol. The van der Waals surface area contributed by atoms with Crippen LogP contribution in [0.4, 0.5) is 5.82 Å². The quantitative estimate of drug-likeness (QED) is 0.549. The van der Waals surface area contributed by atoms with Gasteiger partial charge in [-0.3, -0.25) is 0 Å². The number of carbonyl (C=O) groups excluding carboxylic acids is 1. The molecule has 1 aromatic carbocycles. The molecular formula is C11H9N3O. The number of rotatable bonds is 2. The molecule has 4 heteroatoms. The molecule has 0 aliphatic heterocycles. The van der Waals surface area contributed by atoms with Crippen LogP contribution in [0.15, 0.2) is 41.4 Å². The van der Waals surface area contributed by atoms with E-state index in [1.807, 2.05) is 30.3 Å². The Morgan fingerprint density at radius 3 is 2.73 bits per heavy atom. The van der Waals surface area contributed by atoms with E-state index in [-0.39, 0.29) is 0 Å². The monoisotopic (exact) mass is 199 g/mol. The molecule has 1 heterocycles. The molecule has 0 atom stereocenters. The minimum atomic E-state index is 0.504. The number of aryl methyl sites for hydroxylation is 1. The molecule has 2 aromatic rings. The van der Waals surface area contributed by atoms with Crippen LogP contribution in [-0.4, -0.2) is 15.9 Å². The first-order valence-electron chi connectivity index (χ1n) is 4.48. The molecule has 2 rings (SSSR count). The zero-order valence-corrected chi connectivity index (χ0v) is 8.21. The van der Waals surface area contributed by atoms with E-state index in [4.69, 9.17) is 0 Å². The van der Waals surface area contributed by atoms with Gasteiger partial charge in [-0.15, -0.1) is 4.99 Å². The van der Waals surface area contributed by atoms with Crippen LogP contribution in [0, 0.1) is 0 Å². The molecule has 15 heavy (non-hydrogen) atoms. The fourth-order valence-electron chi connectivity index (χ4n) is 1.36. The molecule has 74 valence electrons. The average molecular weight is 199 g/mol. The lowest BCUT2D eigenvalue weighted by Gasteiger charge is -1.93. The molecule has 0 saturated carbocycles. The zero-order valence-electron chi connectivity index (χ0n) is 8.21. The maximum absolute atomic E-state index is 10.1. The third kappa shape index (κ3) is 1.85. The van der Waals surface area contributed by atoms with Crippen LogP contribution in [0.25, 0.3) is 11.3 Å². The van der Waals surface area contributed by atoms with Crippen molar-refractivity contribution >= 4 is 11.9 Å². The van der Waals surface area contributed by atoms with Crippen molar-refractivity contribution in [3.63, 3.8) is 0 Å². The van der Waals surface area contributed by atoms with Crippen LogP contribution >= 0.6 is 0 Å². The average Bonchev–Trinajstić information content (AvgIpc) is 2.63. The molecule has 0 fully saturated rings. The SMILES string of the molecule is Cn1nc(-c2ccccc2)cc1N=C=O. The first kappa shape index (κ1) is 9.37. The Kier molecular flexibility index (Phi) is 2.44. The Balaban J connectivity index is 2.47. The molecule has 4 nitrogen and oxygen atoms in total. The van der Waals surface area contributed by atoms with E-state index in [1.165, 1.54) is 6.08 Å². The van der Waals surface area contributed by atoms with Gasteiger partial charge in [0.15, 0.2) is 5.82 Å². The summed E-state index contributed by atoms with van der Waals surface area (Å²) in [4.78, 5) is 13.7. The second kappa shape index (κ2) is 3.90. The lowest BCUT2D eigenvalue weighted by atomic mass is 10.2. The van der Waals surface area contributed by atoms with Gasteiger partial charge in [0.05, 0.1) is 5.69 Å². The summed E-state index contributed by atoms with van der Waals surface area (Å²) < 4.78 is 1.55. The molecular weight excluding hydrogens is 190 g/mol. The first-order chi connectivity index (χ1) is 7.31. The standard InChI is InChI=1S/C11H9N3O/c1-14-11(12-8-15)7-10(13-14)9-5-3-2-4-6-9/h2-7H,1H3. The lowest BCUT2D eigenvalue weighted by molar-refractivity contribution is 0.564. The Labute approximate surface area is 86.9 Å². The molecule has 0 aliphatic rings. The van der Waals surface area contributed by atoms with Crippen LogP contribution in [0.2, 0.25) is 0 Å². The number of benzene rings is 1. The van der Waals surface area contributed by atoms with E-state index in [9.17, 15) is 4.79 Å². The number of isocyanates is 1. The van der Waals surface area contributed by atoms with Crippen molar-refractivity contribution in [2.75, 3.05) is 0 Å². The predicted octanol–water partition coefficient (Wildman–Crippen LogP) is 2.05.